The molecule has 1 rings (SSSR count). The third-order valence-electron chi connectivity index (χ3n) is 2.50. The lowest BCUT2D eigenvalue weighted by atomic mass is 10.1. The van der Waals surface area contributed by atoms with Gasteiger partial charge in [-0.1, -0.05) is 31.5 Å². The number of carboxylic acid groups (broad SMARTS) is 1. The number of carboxylic acids is 1. The van der Waals surface area contributed by atoms with E-state index in [-0.39, 0.29) is 6.61 Å². The molecule has 0 saturated carbocycles. The van der Waals surface area contributed by atoms with Crippen LogP contribution in [-0.4, -0.2) is 30.8 Å². The molecule has 1 aromatic rings. The molecular formula is C13H19NO3. The molecule has 94 valence electrons. The minimum absolute atomic E-state index is 0.149. The van der Waals surface area contributed by atoms with Crippen LogP contribution >= 0.6 is 0 Å². The number of aryl methyl sites for hydroxylation is 1. The molecule has 0 radical (unpaired) electrons. The molecule has 0 fully saturated rings. The van der Waals surface area contributed by atoms with Crippen molar-refractivity contribution in [3.05, 3.63) is 29.8 Å². The van der Waals surface area contributed by atoms with Gasteiger partial charge in [0.05, 0.1) is 6.61 Å². The van der Waals surface area contributed by atoms with Gasteiger partial charge in [-0.2, -0.15) is 0 Å². The van der Waals surface area contributed by atoms with Crippen LogP contribution in [-0.2, 0) is 16.0 Å². The van der Waals surface area contributed by atoms with Crippen molar-refractivity contribution in [3.8, 4) is 0 Å². The zero-order valence-corrected chi connectivity index (χ0v) is 10.3. The molecule has 17 heavy (non-hydrogen) atoms. The molecule has 0 aromatic heterocycles. The van der Waals surface area contributed by atoms with Crippen molar-refractivity contribution >= 4 is 11.7 Å². The Morgan fingerprint density at radius 2 is 2.18 bits per heavy atom. The summed E-state index contributed by atoms with van der Waals surface area (Å²) >= 11 is 0. The first-order valence-corrected chi connectivity index (χ1v) is 5.75. The van der Waals surface area contributed by atoms with E-state index in [2.05, 4.69) is 12.2 Å². The maximum Gasteiger partial charge on any atom is 0.328 e. The Balaban J connectivity index is 2.80. The fourth-order valence-electron chi connectivity index (χ4n) is 1.68. The van der Waals surface area contributed by atoms with E-state index in [1.165, 1.54) is 7.11 Å². The molecule has 0 amide bonds. The normalized spacial score (nSPS) is 12.1. The molecule has 1 atom stereocenters. The minimum atomic E-state index is -0.904. The number of hydrogen-bond acceptors (Lipinski definition) is 3. The highest BCUT2D eigenvalue weighted by atomic mass is 16.5. The largest absolute Gasteiger partial charge is 0.480 e. The summed E-state index contributed by atoms with van der Waals surface area (Å²) in [6, 6.07) is 7.06. The lowest BCUT2D eigenvalue weighted by Gasteiger charge is -2.17. The van der Waals surface area contributed by atoms with Gasteiger partial charge in [-0.25, -0.2) is 4.79 Å². The van der Waals surface area contributed by atoms with E-state index >= 15 is 0 Å². The predicted octanol–water partition coefficient (Wildman–Crippen LogP) is 2.15. The van der Waals surface area contributed by atoms with Crippen LogP contribution in [0.25, 0.3) is 0 Å². The van der Waals surface area contributed by atoms with Gasteiger partial charge < -0.3 is 15.2 Å². The number of anilines is 1. The van der Waals surface area contributed by atoms with Gasteiger partial charge in [0.25, 0.3) is 0 Å². The molecule has 0 spiro atoms. The fraction of sp³-hybridized carbons (Fsp3) is 0.462. The molecule has 0 saturated heterocycles. The first kappa shape index (κ1) is 13.5. The number of ether oxygens (including phenoxy) is 1. The number of hydrogen-bond donors (Lipinski definition) is 2. The van der Waals surface area contributed by atoms with E-state index in [1.54, 1.807) is 0 Å². The van der Waals surface area contributed by atoms with Crippen molar-refractivity contribution in [2.24, 2.45) is 0 Å². The second-order valence-electron chi connectivity index (χ2n) is 3.90. The van der Waals surface area contributed by atoms with E-state index in [0.29, 0.717) is 0 Å². The Labute approximate surface area is 102 Å². The van der Waals surface area contributed by atoms with E-state index in [4.69, 9.17) is 9.84 Å². The highest BCUT2D eigenvalue weighted by Crippen LogP contribution is 2.17. The van der Waals surface area contributed by atoms with Crippen LogP contribution in [0, 0.1) is 0 Å². The molecule has 1 aromatic carbocycles. The number of benzene rings is 1. The number of para-hydroxylation sites is 1. The smallest absolute Gasteiger partial charge is 0.328 e. The summed E-state index contributed by atoms with van der Waals surface area (Å²) in [7, 11) is 1.50. The first-order chi connectivity index (χ1) is 8.19. The Morgan fingerprint density at radius 1 is 1.47 bits per heavy atom. The zero-order valence-electron chi connectivity index (χ0n) is 10.3. The van der Waals surface area contributed by atoms with E-state index in [0.717, 1.165) is 24.1 Å². The molecule has 4 heteroatoms. The third kappa shape index (κ3) is 4.07. The Hall–Kier alpha value is -1.55. The molecule has 2 N–H and O–H groups in total. The summed E-state index contributed by atoms with van der Waals surface area (Å²) in [5.41, 5.74) is 2.01. The molecule has 0 aliphatic carbocycles. The highest BCUT2D eigenvalue weighted by Gasteiger charge is 2.17. The average molecular weight is 237 g/mol. The topological polar surface area (TPSA) is 58.6 Å². The molecule has 4 nitrogen and oxygen atoms in total. The summed E-state index contributed by atoms with van der Waals surface area (Å²) in [4.78, 5) is 11.0. The van der Waals surface area contributed by atoms with Gasteiger partial charge in [0, 0.05) is 12.8 Å². The van der Waals surface area contributed by atoms with Crippen LogP contribution in [0.4, 0.5) is 5.69 Å². The van der Waals surface area contributed by atoms with Gasteiger partial charge in [0.2, 0.25) is 0 Å². The number of methoxy groups -OCH3 is 1. The maximum absolute atomic E-state index is 11.0. The van der Waals surface area contributed by atoms with Crippen molar-refractivity contribution in [2.45, 2.75) is 25.8 Å². The summed E-state index contributed by atoms with van der Waals surface area (Å²) < 4.78 is 4.89. The van der Waals surface area contributed by atoms with Gasteiger partial charge in [-0.05, 0) is 18.1 Å². The predicted molar refractivity (Wildman–Crippen MR) is 67.4 cm³/mol. The number of nitrogens with one attached hydrogen (secondary N) is 1. The number of aliphatic carboxylic acids is 1. The van der Waals surface area contributed by atoms with Crippen molar-refractivity contribution < 1.29 is 14.6 Å². The lowest BCUT2D eigenvalue weighted by molar-refractivity contribution is -0.139. The molecule has 0 bridgehead atoms. The standard InChI is InChI=1S/C13H19NO3/c1-3-6-10-7-4-5-8-11(10)14-12(9-17-2)13(15)16/h4-5,7-8,12,14H,3,6,9H2,1-2H3,(H,15,16). The summed E-state index contributed by atoms with van der Waals surface area (Å²) in [6.45, 7) is 2.25. The summed E-state index contributed by atoms with van der Waals surface area (Å²) in [5.74, 6) is -0.904. The van der Waals surface area contributed by atoms with Crippen molar-refractivity contribution in [1.82, 2.24) is 0 Å². The van der Waals surface area contributed by atoms with Crippen LogP contribution in [0.3, 0.4) is 0 Å². The van der Waals surface area contributed by atoms with E-state index in [1.807, 2.05) is 24.3 Å². The molecule has 0 heterocycles. The van der Waals surface area contributed by atoms with Crippen molar-refractivity contribution in [2.75, 3.05) is 19.0 Å². The summed E-state index contributed by atoms with van der Waals surface area (Å²) in [6.07, 6.45) is 1.96. The quantitative estimate of drug-likeness (QED) is 0.763. The average Bonchev–Trinajstić information content (AvgIpc) is 2.31. The van der Waals surface area contributed by atoms with Crippen LogP contribution in [0.1, 0.15) is 18.9 Å². The van der Waals surface area contributed by atoms with Gasteiger partial charge in [-0.3, -0.25) is 0 Å². The SMILES string of the molecule is CCCc1ccccc1NC(COC)C(=O)O. The number of carbonyl (C=O) groups is 1. The highest BCUT2D eigenvalue weighted by molar-refractivity contribution is 5.78. The minimum Gasteiger partial charge on any atom is -0.480 e. The molecular weight excluding hydrogens is 218 g/mol. The zero-order chi connectivity index (χ0) is 12.7. The molecule has 1 unspecified atom stereocenters. The summed E-state index contributed by atoms with van der Waals surface area (Å²) in [5, 5.41) is 12.1. The van der Waals surface area contributed by atoms with Gasteiger partial charge in [0.15, 0.2) is 0 Å². The third-order valence-corrected chi connectivity index (χ3v) is 2.50. The maximum atomic E-state index is 11.0. The van der Waals surface area contributed by atoms with E-state index in [9.17, 15) is 4.79 Å². The van der Waals surface area contributed by atoms with Gasteiger partial charge in [-0.15, -0.1) is 0 Å². The van der Waals surface area contributed by atoms with Crippen molar-refractivity contribution in [1.29, 1.82) is 0 Å². The van der Waals surface area contributed by atoms with Crippen LogP contribution in [0.2, 0.25) is 0 Å². The fourth-order valence-corrected chi connectivity index (χ4v) is 1.68. The second kappa shape index (κ2) is 6.91. The number of rotatable bonds is 7. The second-order valence-corrected chi connectivity index (χ2v) is 3.90. The Morgan fingerprint density at radius 3 is 2.76 bits per heavy atom. The molecule has 0 aliphatic heterocycles. The van der Waals surface area contributed by atoms with E-state index < -0.39 is 12.0 Å². The lowest BCUT2D eigenvalue weighted by Crippen LogP contribution is -2.33. The van der Waals surface area contributed by atoms with Crippen LogP contribution in [0.15, 0.2) is 24.3 Å². The Kier molecular flexibility index (Phi) is 5.49. The van der Waals surface area contributed by atoms with Gasteiger partial charge >= 0.3 is 5.97 Å². The monoisotopic (exact) mass is 237 g/mol. The van der Waals surface area contributed by atoms with Gasteiger partial charge in [0.1, 0.15) is 6.04 Å². The molecule has 0 aliphatic rings. The first-order valence-electron chi connectivity index (χ1n) is 5.75. The van der Waals surface area contributed by atoms with Crippen LogP contribution < -0.4 is 5.32 Å². The Bertz CT molecular complexity index is 365. The van der Waals surface area contributed by atoms with Crippen molar-refractivity contribution in [3.63, 3.8) is 0 Å². The van der Waals surface area contributed by atoms with Crippen LogP contribution in [0.5, 0.6) is 0 Å².